The third kappa shape index (κ3) is 3.43. The summed E-state index contributed by atoms with van der Waals surface area (Å²) in [6, 6.07) is 5.74. The molecule has 1 aromatic heterocycles. The Balaban J connectivity index is 2.07. The van der Waals surface area contributed by atoms with E-state index in [0.29, 0.717) is 0 Å². The maximum Gasteiger partial charge on any atom is 0.338 e. The van der Waals surface area contributed by atoms with Gasteiger partial charge in [-0.15, -0.1) is 0 Å². The van der Waals surface area contributed by atoms with Crippen LogP contribution in [0.4, 0.5) is 0 Å². The molecule has 6 nitrogen and oxygen atoms in total. The number of benzene rings is 1. The first kappa shape index (κ1) is 15.1. The topological polar surface area (TPSA) is 86.0 Å². The number of halogens is 1. The van der Waals surface area contributed by atoms with Gasteiger partial charge in [-0.05, 0) is 40.2 Å². The summed E-state index contributed by atoms with van der Waals surface area (Å²) in [6.45, 7) is -0.437. The molecule has 0 bridgehead atoms. The number of ether oxygens (including phenoxy) is 2. The molecule has 0 amide bonds. The number of carbonyl (C=O) groups excluding carboxylic acids is 2. The molecule has 21 heavy (non-hydrogen) atoms. The van der Waals surface area contributed by atoms with Crippen LogP contribution in [-0.2, 0) is 4.74 Å². The lowest BCUT2D eigenvalue weighted by Gasteiger charge is -2.08. The van der Waals surface area contributed by atoms with Crippen LogP contribution in [0.5, 0.6) is 11.5 Å². The van der Waals surface area contributed by atoms with E-state index in [9.17, 15) is 14.7 Å². The number of methoxy groups -OCH3 is 1. The third-order valence-electron chi connectivity index (χ3n) is 2.61. The van der Waals surface area contributed by atoms with Crippen molar-refractivity contribution in [2.45, 2.75) is 0 Å². The van der Waals surface area contributed by atoms with Gasteiger partial charge in [0.25, 0.3) is 0 Å². The van der Waals surface area contributed by atoms with E-state index >= 15 is 0 Å². The molecular formula is C14H11BrO6. The summed E-state index contributed by atoms with van der Waals surface area (Å²) in [5.41, 5.74) is 0.142. The maximum atomic E-state index is 11.9. The van der Waals surface area contributed by atoms with Crippen LogP contribution in [0.15, 0.2) is 39.4 Å². The molecule has 1 heterocycles. The molecule has 0 atom stereocenters. The molecule has 0 saturated heterocycles. The number of hydrogen-bond acceptors (Lipinski definition) is 6. The standard InChI is InChI=1S/C14H11BrO6/c1-19-12-6-8(5-9(15)13(12)17)14(18)21-7-10(16)11-3-2-4-20-11/h2-6,17H,7H2,1H3. The van der Waals surface area contributed by atoms with Gasteiger partial charge in [0.15, 0.2) is 23.9 Å². The van der Waals surface area contributed by atoms with Crippen LogP contribution in [-0.4, -0.2) is 30.6 Å². The number of Topliss-reactive ketones (excluding diaryl/α,β-unsaturated/α-hetero) is 1. The van der Waals surface area contributed by atoms with Gasteiger partial charge in [0.05, 0.1) is 23.4 Å². The number of carbonyl (C=O) groups is 2. The first-order valence-corrected chi connectivity index (χ1v) is 6.62. The molecule has 2 rings (SSSR count). The number of rotatable bonds is 5. The van der Waals surface area contributed by atoms with Crippen molar-refractivity contribution in [3.63, 3.8) is 0 Å². The lowest BCUT2D eigenvalue weighted by Crippen LogP contribution is -2.14. The lowest BCUT2D eigenvalue weighted by atomic mass is 10.2. The molecule has 0 aliphatic rings. The van der Waals surface area contributed by atoms with Crippen LogP contribution < -0.4 is 4.74 Å². The van der Waals surface area contributed by atoms with Crippen LogP contribution in [0, 0.1) is 0 Å². The van der Waals surface area contributed by atoms with Gasteiger partial charge >= 0.3 is 5.97 Å². The Morgan fingerprint density at radius 3 is 2.76 bits per heavy atom. The van der Waals surface area contributed by atoms with Gasteiger partial charge in [0.2, 0.25) is 5.78 Å². The summed E-state index contributed by atoms with van der Waals surface area (Å²) in [4.78, 5) is 23.5. The van der Waals surface area contributed by atoms with Crippen molar-refractivity contribution in [1.82, 2.24) is 0 Å². The predicted molar refractivity (Wildman–Crippen MR) is 75.7 cm³/mol. The first-order valence-electron chi connectivity index (χ1n) is 5.83. The molecule has 0 aliphatic carbocycles. The highest BCUT2D eigenvalue weighted by molar-refractivity contribution is 9.10. The minimum atomic E-state index is -0.714. The lowest BCUT2D eigenvalue weighted by molar-refractivity contribution is 0.0467. The van der Waals surface area contributed by atoms with E-state index in [1.807, 2.05) is 0 Å². The highest BCUT2D eigenvalue weighted by atomic mass is 79.9. The molecule has 0 saturated carbocycles. The Labute approximate surface area is 128 Å². The number of phenolic OH excluding ortho intramolecular Hbond substituents is 1. The molecular weight excluding hydrogens is 344 g/mol. The van der Waals surface area contributed by atoms with Gasteiger partial charge in [-0.2, -0.15) is 0 Å². The molecule has 0 radical (unpaired) electrons. The minimum Gasteiger partial charge on any atom is -0.503 e. The fourth-order valence-electron chi connectivity index (χ4n) is 1.57. The molecule has 110 valence electrons. The largest absolute Gasteiger partial charge is 0.503 e. The number of esters is 1. The number of phenols is 1. The predicted octanol–water partition coefficient (Wildman–Crippen LogP) is 2.80. The van der Waals surface area contributed by atoms with Crippen molar-refractivity contribution in [2.75, 3.05) is 13.7 Å². The van der Waals surface area contributed by atoms with Crippen molar-refractivity contribution in [3.8, 4) is 11.5 Å². The molecule has 0 aliphatic heterocycles. The average molecular weight is 355 g/mol. The number of hydrogen-bond donors (Lipinski definition) is 1. The van der Waals surface area contributed by atoms with Crippen LogP contribution in [0.1, 0.15) is 20.9 Å². The van der Waals surface area contributed by atoms with Crippen LogP contribution in [0.25, 0.3) is 0 Å². The molecule has 1 aromatic carbocycles. The van der Waals surface area contributed by atoms with Crippen molar-refractivity contribution in [2.24, 2.45) is 0 Å². The second-order valence-corrected chi connectivity index (χ2v) is 4.84. The van der Waals surface area contributed by atoms with E-state index in [2.05, 4.69) is 15.9 Å². The molecule has 7 heteroatoms. The van der Waals surface area contributed by atoms with Crippen LogP contribution >= 0.6 is 15.9 Å². The third-order valence-corrected chi connectivity index (χ3v) is 3.22. The smallest absolute Gasteiger partial charge is 0.338 e. The second-order valence-electron chi connectivity index (χ2n) is 3.99. The van der Waals surface area contributed by atoms with E-state index < -0.39 is 18.4 Å². The van der Waals surface area contributed by atoms with Crippen LogP contribution in [0.3, 0.4) is 0 Å². The van der Waals surface area contributed by atoms with Gasteiger partial charge in [0.1, 0.15) is 0 Å². The summed E-state index contributed by atoms with van der Waals surface area (Å²) < 4.78 is 15.0. The Morgan fingerprint density at radius 2 is 2.14 bits per heavy atom. The van der Waals surface area contributed by atoms with Crippen molar-refractivity contribution >= 4 is 27.7 Å². The normalized spacial score (nSPS) is 10.2. The van der Waals surface area contributed by atoms with Gasteiger partial charge in [0, 0.05) is 0 Å². The molecule has 1 N–H and O–H groups in total. The minimum absolute atomic E-state index is 0.118. The maximum absolute atomic E-state index is 11.9. The molecule has 0 unspecified atom stereocenters. The number of aromatic hydroxyl groups is 1. The quantitative estimate of drug-likeness (QED) is 0.656. The summed E-state index contributed by atoms with van der Waals surface area (Å²) in [5, 5.41) is 9.66. The van der Waals surface area contributed by atoms with E-state index in [0.717, 1.165) is 0 Å². The van der Waals surface area contributed by atoms with E-state index in [-0.39, 0.29) is 27.3 Å². The summed E-state index contributed by atoms with van der Waals surface area (Å²) in [6.07, 6.45) is 1.36. The zero-order valence-electron chi connectivity index (χ0n) is 11.0. The molecule has 0 fully saturated rings. The monoisotopic (exact) mass is 354 g/mol. The number of furan rings is 1. The van der Waals surface area contributed by atoms with Gasteiger partial charge < -0.3 is 19.0 Å². The summed E-state index contributed by atoms with van der Waals surface area (Å²) >= 11 is 3.10. The molecule has 0 spiro atoms. The van der Waals surface area contributed by atoms with Crippen molar-refractivity contribution in [3.05, 3.63) is 46.3 Å². The first-order chi connectivity index (χ1) is 10.0. The fourth-order valence-corrected chi connectivity index (χ4v) is 2.01. The van der Waals surface area contributed by atoms with E-state index in [1.165, 1.54) is 31.6 Å². The zero-order valence-corrected chi connectivity index (χ0v) is 12.5. The highest BCUT2D eigenvalue weighted by Gasteiger charge is 2.17. The van der Waals surface area contributed by atoms with Gasteiger partial charge in [-0.25, -0.2) is 4.79 Å². The van der Waals surface area contributed by atoms with Crippen molar-refractivity contribution < 1.29 is 28.6 Å². The summed E-state index contributed by atoms with van der Waals surface area (Å²) in [5.74, 6) is -1.05. The van der Waals surface area contributed by atoms with Gasteiger partial charge in [-0.1, -0.05) is 0 Å². The summed E-state index contributed by atoms with van der Waals surface area (Å²) in [7, 11) is 1.36. The molecule has 2 aromatic rings. The SMILES string of the molecule is COc1cc(C(=O)OCC(=O)c2ccco2)cc(Br)c1O. The second kappa shape index (κ2) is 6.45. The average Bonchev–Trinajstić information content (AvgIpc) is 3.01. The Bertz CT molecular complexity index is 662. The Hall–Kier alpha value is -2.28. The van der Waals surface area contributed by atoms with Crippen LogP contribution in [0.2, 0.25) is 0 Å². The van der Waals surface area contributed by atoms with E-state index in [1.54, 1.807) is 6.07 Å². The Morgan fingerprint density at radius 1 is 1.38 bits per heavy atom. The zero-order chi connectivity index (χ0) is 15.4. The fraction of sp³-hybridized carbons (Fsp3) is 0.143. The van der Waals surface area contributed by atoms with Crippen molar-refractivity contribution in [1.29, 1.82) is 0 Å². The van der Waals surface area contributed by atoms with Gasteiger partial charge in [-0.3, -0.25) is 4.79 Å². The Kier molecular flexibility index (Phi) is 4.64. The number of ketones is 1. The van der Waals surface area contributed by atoms with E-state index in [4.69, 9.17) is 13.9 Å². The highest BCUT2D eigenvalue weighted by Crippen LogP contribution is 2.35.